The molecule has 0 aliphatic carbocycles. The molecule has 0 aliphatic heterocycles. The van der Waals surface area contributed by atoms with Crippen molar-refractivity contribution >= 4 is 39.5 Å². The highest BCUT2D eigenvalue weighted by Gasteiger charge is 2.17. The summed E-state index contributed by atoms with van der Waals surface area (Å²) in [5.74, 6) is -0.909. The number of carbonyl (C=O) groups is 2. The van der Waals surface area contributed by atoms with Crippen LogP contribution in [0, 0.1) is 0 Å². The van der Waals surface area contributed by atoms with Crippen LogP contribution in [0.15, 0.2) is 90.6 Å². The van der Waals surface area contributed by atoms with Gasteiger partial charge in [-0.15, -0.1) is 0 Å². The number of hydrogen-bond donors (Lipinski definition) is 1. The summed E-state index contributed by atoms with van der Waals surface area (Å²) >= 11 is 0. The Labute approximate surface area is 181 Å². The van der Waals surface area contributed by atoms with Gasteiger partial charge in [-0.1, -0.05) is 73.7 Å². The molecule has 4 aromatic rings. The van der Waals surface area contributed by atoms with Gasteiger partial charge in [0.2, 0.25) is 0 Å². The molecule has 0 aliphatic rings. The number of carbonyl (C=O) groups excluding carboxylic acids is 2. The number of benzene rings is 4. The molecule has 0 aromatic heterocycles. The average Bonchev–Trinajstić information content (AvgIpc) is 2.82. The van der Waals surface area contributed by atoms with Crippen LogP contribution in [0.5, 0.6) is 0 Å². The van der Waals surface area contributed by atoms with Gasteiger partial charge in [-0.25, -0.2) is 4.79 Å². The lowest BCUT2D eigenvalue weighted by molar-refractivity contribution is -0.139. The summed E-state index contributed by atoms with van der Waals surface area (Å²) < 4.78 is 5.36. The fourth-order valence-corrected chi connectivity index (χ4v) is 3.55. The number of nitrogens with one attached hydrogen (secondary N) is 1. The number of rotatable bonds is 6. The molecule has 4 rings (SSSR count). The first-order valence-corrected chi connectivity index (χ1v) is 10.3. The van der Waals surface area contributed by atoms with Crippen LogP contribution in [0.25, 0.3) is 27.6 Å². The van der Waals surface area contributed by atoms with Crippen LogP contribution < -0.4 is 5.32 Å². The SMILES string of the molecule is CCCOC(=O)C(=Cc1c2ccccc2cc2ccccc12)NC(=O)c1ccccc1. The summed E-state index contributed by atoms with van der Waals surface area (Å²) in [6.07, 6.45) is 2.42. The van der Waals surface area contributed by atoms with Crippen molar-refractivity contribution in [1.82, 2.24) is 5.32 Å². The number of esters is 1. The van der Waals surface area contributed by atoms with E-state index in [-0.39, 0.29) is 18.2 Å². The molecule has 0 bridgehead atoms. The zero-order chi connectivity index (χ0) is 21.6. The molecule has 4 heteroatoms. The first-order chi connectivity index (χ1) is 15.2. The molecule has 4 nitrogen and oxygen atoms in total. The van der Waals surface area contributed by atoms with Crippen LogP contribution in [-0.2, 0) is 9.53 Å². The van der Waals surface area contributed by atoms with Crippen molar-refractivity contribution in [3.05, 3.63) is 102 Å². The van der Waals surface area contributed by atoms with E-state index in [1.165, 1.54) is 0 Å². The Kier molecular flexibility index (Phi) is 6.08. The summed E-state index contributed by atoms with van der Waals surface area (Å²) in [5.41, 5.74) is 1.45. The molecule has 0 atom stereocenters. The molecule has 0 saturated heterocycles. The van der Waals surface area contributed by atoms with E-state index in [1.807, 2.05) is 61.5 Å². The van der Waals surface area contributed by atoms with Gasteiger partial charge in [0.25, 0.3) is 5.91 Å². The molecule has 0 heterocycles. The van der Waals surface area contributed by atoms with E-state index in [0.29, 0.717) is 12.0 Å². The monoisotopic (exact) mass is 409 g/mol. The van der Waals surface area contributed by atoms with Crippen molar-refractivity contribution < 1.29 is 14.3 Å². The molecule has 4 aromatic carbocycles. The minimum Gasteiger partial charge on any atom is -0.461 e. The van der Waals surface area contributed by atoms with E-state index in [0.717, 1.165) is 27.1 Å². The molecule has 31 heavy (non-hydrogen) atoms. The number of fused-ring (bicyclic) bond motifs is 2. The predicted molar refractivity (Wildman–Crippen MR) is 125 cm³/mol. The highest BCUT2D eigenvalue weighted by atomic mass is 16.5. The molecule has 154 valence electrons. The van der Waals surface area contributed by atoms with Gasteiger partial charge in [0.15, 0.2) is 0 Å². The third kappa shape index (κ3) is 4.48. The molecular formula is C27H23NO3. The predicted octanol–water partition coefficient (Wildman–Crippen LogP) is 5.72. The van der Waals surface area contributed by atoms with E-state index in [2.05, 4.69) is 11.4 Å². The summed E-state index contributed by atoms with van der Waals surface area (Å²) in [6, 6.07) is 26.9. The maximum Gasteiger partial charge on any atom is 0.354 e. The maximum absolute atomic E-state index is 12.8. The maximum atomic E-state index is 12.8. The Morgan fingerprint density at radius 3 is 2.03 bits per heavy atom. The Morgan fingerprint density at radius 1 is 0.839 bits per heavy atom. The second kappa shape index (κ2) is 9.26. The molecule has 0 spiro atoms. The van der Waals surface area contributed by atoms with Gasteiger partial charge in [0, 0.05) is 5.56 Å². The largest absolute Gasteiger partial charge is 0.461 e. The Morgan fingerprint density at radius 2 is 1.42 bits per heavy atom. The van der Waals surface area contributed by atoms with E-state index >= 15 is 0 Å². The second-order valence-corrected chi connectivity index (χ2v) is 7.25. The molecule has 1 amide bonds. The van der Waals surface area contributed by atoms with Crippen LogP contribution >= 0.6 is 0 Å². The van der Waals surface area contributed by atoms with E-state index in [4.69, 9.17) is 4.74 Å². The third-order valence-corrected chi connectivity index (χ3v) is 5.04. The van der Waals surface area contributed by atoms with Crippen molar-refractivity contribution in [2.75, 3.05) is 6.61 Å². The molecule has 0 radical (unpaired) electrons. The number of amides is 1. The molecular weight excluding hydrogens is 386 g/mol. The van der Waals surface area contributed by atoms with Crippen molar-refractivity contribution in [3.8, 4) is 0 Å². The highest BCUT2D eigenvalue weighted by molar-refractivity contribution is 6.10. The number of hydrogen-bond acceptors (Lipinski definition) is 3. The van der Waals surface area contributed by atoms with Crippen molar-refractivity contribution in [3.63, 3.8) is 0 Å². The topological polar surface area (TPSA) is 55.4 Å². The fourth-order valence-electron chi connectivity index (χ4n) is 3.55. The van der Waals surface area contributed by atoms with Gasteiger partial charge in [-0.2, -0.15) is 0 Å². The van der Waals surface area contributed by atoms with Gasteiger partial charge in [0.1, 0.15) is 5.70 Å². The average molecular weight is 409 g/mol. The summed E-state index contributed by atoms with van der Waals surface area (Å²) in [5, 5.41) is 6.88. The zero-order valence-corrected chi connectivity index (χ0v) is 17.3. The molecule has 1 N–H and O–H groups in total. The summed E-state index contributed by atoms with van der Waals surface area (Å²) in [6.45, 7) is 2.21. The Hall–Kier alpha value is -3.92. The summed E-state index contributed by atoms with van der Waals surface area (Å²) in [7, 11) is 0. The van der Waals surface area contributed by atoms with Gasteiger partial charge in [0.05, 0.1) is 6.61 Å². The standard InChI is InChI=1S/C27H23NO3/c1-2-16-31-27(30)25(28-26(29)19-10-4-3-5-11-19)18-24-22-14-8-6-12-20(22)17-21-13-7-9-15-23(21)24/h3-15,17-18H,2,16H2,1H3,(H,28,29). The van der Waals surface area contributed by atoms with Crippen LogP contribution in [0.4, 0.5) is 0 Å². The van der Waals surface area contributed by atoms with Crippen molar-refractivity contribution in [2.45, 2.75) is 13.3 Å². The molecule has 0 fully saturated rings. The molecule has 0 saturated carbocycles. The normalized spacial score (nSPS) is 11.5. The van der Waals surface area contributed by atoms with E-state index < -0.39 is 5.97 Å². The van der Waals surface area contributed by atoms with Gasteiger partial charge in [-0.05, 0) is 57.8 Å². The van der Waals surface area contributed by atoms with E-state index in [1.54, 1.807) is 30.3 Å². The second-order valence-electron chi connectivity index (χ2n) is 7.25. The van der Waals surface area contributed by atoms with Crippen LogP contribution in [0.3, 0.4) is 0 Å². The minimum absolute atomic E-state index is 0.115. The smallest absolute Gasteiger partial charge is 0.354 e. The lowest BCUT2D eigenvalue weighted by Gasteiger charge is -2.13. The van der Waals surface area contributed by atoms with Gasteiger partial charge >= 0.3 is 5.97 Å². The molecule has 0 unspecified atom stereocenters. The van der Waals surface area contributed by atoms with Gasteiger partial charge in [-0.3, -0.25) is 4.79 Å². The quantitative estimate of drug-likeness (QED) is 0.252. The number of ether oxygens (including phenoxy) is 1. The summed E-state index contributed by atoms with van der Waals surface area (Å²) in [4.78, 5) is 25.6. The first kappa shape index (κ1) is 20.4. The third-order valence-electron chi connectivity index (χ3n) is 5.04. The zero-order valence-electron chi connectivity index (χ0n) is 17.3. The van der Waals surface area contributed by atoms with Gasteiger partial charge < -0.3 is 10.1 Å². The lowest BCUT2D eigenvalue weighted by Crippen LogP contribution is -2.28. The van der Waals surface area contributed by atoms with E-state index in [9.17, 15) is 9.59 Å². The van der Waals surface area contributed by atoms with Crippen LogP contribution in [-0.4, -0.2) is 18.5 Å². The van der Waals surface area contributed by atoms with Crippen molar-refractivity contribution in [2.24, 2.45) is 0 Å². The first-order valence-electron chi connectivity index (χ1n) is 10.3. The Balaban J connectivity index is 1.86. The minimum atomic E-state index is -0.553. The fraction of sp³-hybridized carbons (Fsp3) is 0.111. The lowest BCUT2D eigenvalue weighted by atomic mass is 9.96. The highest BCUT2D eigenvalue weighted by Crippen LogP contribution is 2.30. The van der Waals surface area contributed by atoms with Crippen molar-refractivity contribution in [1.29, 1.82) is 0 Å². The van der Waals surface area contributed by atoms with Crippen LogP contribution in [0.1, 0.15) is 29.3 Å². The van der Waals surface area contributed by atoms with Crippen LogP contribution in [0.2, 0.25) is 0 Å². The Bertz CT molecular complexity index is 1220.